The first-order valence-electron chi connectivity index (χ1n) is 3.01. The molecule has 0 aliphatic rings. The van der Waals surface area contributed by atoms with Crippen molar-refractivity contribution in [2.75, 3.05) is 0 Å². The van der Waals surface area contributed by atoms with E-state index in [0.717, 1.165) is 0 Å². The second kappa shape index (κ2) is 3.52. The van der Waals surface area contributed by atoms with Crippen molar-refractivity contribution >= 4 is 21.9 Å². The number of aryl methyl sites for hydroxylation is 1. The first-order valence-corrected chi connectivity index (χ1v) is 3.80. The van der Waals surface area contributed by atoms with Gasteiger partial charge in [-0.25, -0.2) is 0 Å². The highest BCUT2D eigenvalue weighted by Gasteiger charge is 2.03. The molecule has 1 heterocycles. The average Bonchev–Trinajstić information content (AvgIpc) is 2.31. The highest BCUT2D eigenvalue weighted by Crippen LogP contribution is 2.11. The van der Waals surface area contributed by atoms with Crippen molar-refractivity contribution in [3.05, 3.63) is 16.4 Å². The number of carboxylic acid groups (broad SMARTS) is 1. The Balaban J connectivity index is 2.45. The molecule has 5 heteroatoms. The first-order chi connectivity index (χ1) is 5.18. The molecule has 0 saturated heterocycles. The van der Waals surface area contributed by atoms with Gasteiger partial charge < -0.3 is 9.63 Å². The average molecular weight is 220 g/mol. The van der Waals surface area contributed by atoms with E-state index in [0.29, 0.717) is 16.8 Å². The summed E-state index contributed by atoms with van der Waals surface area (Å²) in [5.41, 5.74) is 0.652. The van der Waals surface area contributed by atoms with Crippen LogP contribution >= 0.6 is 15.9 Å². The summed E-state index contributed by atoms with van der Waals surface area (Å²) in [4.78, 5) is 10.1. The lowest BCUT2D eigenvalue weighted by atomic mass is 10.2. The van der Waals surface area contributed by atoms with Crippen molar-refractivity contribution in [2.24, 2.45) is 0 Å². The predicted molar refractivity (Wildman–Crippen MR) is 40.2 cm³/mol. The number of carboxylic acids is 1. The van der Waals surface area contributed by atoms with Gasteiger partial charge in [0.25, 0.3) is 0 Å². The van der Waals surface area contributed by atoms with Gasteiger partial charge in [-0.2, -0.15) is 0 Å². The molecule has 11 heavy (non-hydrogen) atoms. The van der Waals surface area contributed by atoms with E-state index < -0.39 is 5.97 Å². The topological polar surface area (TPSA) is 63.3 Å². The molecular formula is C6H6BrNO3. The lowest BCUT2D eigenvalue weighted by Gasteiger charge is -1.87. The summed E-state index contributed by atoms with van der Waals surface area (Å²) in [6.45, 7) is 0. The SMILES string of the molecule is O=C(O)CCc1cc(Br)on1. The number of aromatic nitrogens is 1. The Morgan fingerprint density at radius 2 is 2.55 bits per heavy atom. The van der Waals surface area contributed by atoms with Crippen LogP contribution in [0.1, 0.15) is 12.1 Å². The number of carbonyl (C=O) groups is 1. The maximum atomic E-state index is 10.1. The van der Waals surface area contributed by atoms with Crippen LogP contribution in [-0.2, 0) is 11.2 Å². The molecule has 0 aliphatic carbocycles. The minimum atomic E-state index is -0.830. The van der Waals surface area contributed by atoms with E-state index in [9.17, 15) is 4.79 Å². The summed E-state index contributed by atoms with van der Waals surface area (Å²) in [7, 11) is 0. The number of rotatable bonds is 3. The van der Waals surface area contributed by atoms with Crippen LogP contribution in [0.5, 0.6) is 0 Å². The van der Waals surface area contributed by atoms with Gasteiger partial charge in [0.15, 0.2) is 0 Å². The van der Waals surface area contributed by atoms with Crippen molar-refractivity contribution in [1.29, 1.82) is 0 Å². The molecule has 0 amide bonds. The lowest BCUT2D eigenvalue weighted by Crippen LogP contribution is -1.97. The quantitative estimate of drug-likeness (QED) is 0.837. The van der Waals surface area contributed by atoms with Gasteiger partial charge >= 0.3 is 5.97 Å². The summed E-state index contributed by atoms with van der Waals surface area (Å²) in [5.74, 6) is -0.830. The smallest absolute Gasteiger partial charge is 0.303 e. The lowest BCUT2D eigenvalue weighted by molar-refractivity contribution is -0.136. The van der Waals surface area contributed by atoms with Crippen molar-refractivity contribution in [2.45, 2.75) is 12.8 Å². The molecule has 0 aromatic carbocycles. The third-order valence-corrected chi connectivity index (χ3v) is 1.50. The highest BCUT2D eigenvalue weighted by atomic mass is 79.9. The minimum absolute atomic E-state index is 0.0823. The van der Waals surface area contributed by atoms with Crippen LogP contribution in [0.15, 0.2) is 15.3 Å². The monoisotopic (exact) mass is 219 g/mol. The highest BCUT2D eigenvalue weighted by molar-refractivity contribution is 9.10. The standard InChI is InChI=1S/C6H6BrNO3/c7-5-3-4(8-11-5)1-2-6(9)10/h3H,1-2H2,(H,9,10). The fourth-order valence-electron chi connectivity index (χ4n) is 0.639. The van der Waals surface area contributed by atoms with Crippen LogP contribution in [0.25, 0.3) is 0 Å². The maximum Gasteiger partial charge on any atom is 0.303 e. The van der Waals surface area contributed by atoms with Crippen molar-refractivity contribution in [1.82, 2.24) is 5.16 Å². The van der Waals surface area contributed by atoms with Gasteiger partial charge in [0.1, 0.15) is 0 Å². The van der Waals surface area contributed by atoms with Gasteiger partial charge in [-0.1, -0.05) is 5.16 Å². The summed E-state index contributed by atoms with van der Waals surface area (Å²) in [6.07, 6.45) is 0.489. The molecule has 0 bridgehead atoms. The Hall–Kier alpha value is -0.840. The van der Waals surface area contributed by atoms with E-state index in [4.69, 9.17) is 5.11 Å². The van der Waals surface area contributed by atoms with E-state index in [1.165, 1.54) is 0 Å². The summed E-state index contributed by atoms with van der Waals surface area (Å²) in [6, 6.07) is 1.66. The number of nitrogens with zero attached hydrogens (tertiary/aromatic N) is 1. The zero-order chi connectivity index (χ0) is 8.27. The molecule has 0 radical (unpaired) electrons. The molecule has 4 nitrogen and oxygen atoms in total. The Kier molecular flexibility index (Phi) is 2.64. The van der Waals surface area contributed by atoms with Crippen LogP contribution in [-0.4, -0.2) is 16.2 Å². The van der Waals surface area contributed by atoms with Crippen LogP contribution in [0.3, 0.4) is 0 Å². The summed E-state index contributed by atoms with van der Waals surface area (Å²) in [5, 5.41) is 11.9. The first kappa shape index (κ1) is 8.26. The maximum absolute atomic E-state index is 10.1. The Morgan fingerprint density at radius 1 is 1.82 bits per heavy atom. The number of halogens is 1. The predicted octanol–water partition coefficient (Wildman–Crippen LogP) is 1.45. The largest absolute Gasteiger partial charge is 0.481 e. The molecule has 1 aromatic rings. The molecule has 1 aromatic heterocycles. The van der Waals surface area contributed by atoms with Crippen molar-refractivity contribution in [3.63, 3.8) is 0 Å². The molecule has 0 unspecified atom stereocenters. The second-order valence-corrected chi connectivity index (χ2v) is 2.80. The fourth-order valence-corrected chi connectivity index (χ4v) is 0.975. The van der Waals surface area contributed by atoms with E-state index in [1.807, 2.05) is 0 Å². The van der Waals surface area contributed by atoms with Crippen LogP contribution in [0, 0.1) is 0 Å². The zero-order valence-corrected chi connectivity index (χ0v) is 7.17. The fraction of sp³-hybridized carbons (Fsp3) is 0.333. The van der Waals surface area contributed by atoms with Gasteiger partial charge in [-0.05, 0) is 15.9 Å². The molecule has 0 saturated carbocycles. The summed E-state index contributed by atoms with van der Waals surface area (Å²) >= 11 is 3.06. The van der Waals surface area contributed by atoms with E-state index in [1.54, 1.807) is 6.07 Å². The van der Waals surface area contributed by atoms with Gasteiger partial charge in [0.05, 0.1) is 12.1 Å². The van der Waals surface area contributed by atoms with Crippen molar-refractivity contribution in [3.8, 4) is 0 Å². The number of hydrogen-bond acceptors (Lipinski definition) is 3. The Morgan fingerprint density at radius 3 is 3.00 bits per heavy atom. The van der Waals surface area contributed by atoms with E-state index in [2.05, 4.69) is 25.6 Å². The van der Waals surface area contributed by atoms with Gasteiger partial charge in [-0.3, -0.25) is 4.79 Å². The molecule has 0 aliphatic heterocycles. The van der Waals surface area contributed by atoms with Crippen molar-refractivity contribution < 1.29 is 14.4 Å². The molecule has 0 atom stereocenters. The zero-order valence-electron chi connectivity index (χ0n) is 5.58. The van der Waals surface area contributed by atoms with E-state index in [-0.39, 0.29) is 6.42 Å². The molecule has 60 valence electrons. The third kappa shape index (κ3) is 2.71. The molecule has 1 N–H and O–H groups in total. The molecule has 0 spiro atoms. The van der Waals surface area contributed by atoms with Crippen LogP contribution < -0.4 is 0 Å². The van der Waals surface area contributed by atoms with Gasteiger partial charge in [-0.15, -0.1) is 0 Å². The third-order valence-electron chi connectivity index (χ3n) is 1.13. The molecular weight excluding hydrogens is 214 g/mol. The molecule has 0 fully saturated rings. The van der Waals surface area contributed by atoms with Gasteiger partial charge in [0.2, 0.25) is 4.67 Å². The minimum Gasteiger partial charge on any atom is -0.481 e. The van der Waals surface area contributed by atoms with Crippen LogP contribution in [0.2, 0.25) is 0 Å². The second-order valence-electron chi connectivity index (χ2n) is 2.02. The Bertz CT molecular complexity index is 258. The normalized spacial score (nSPS) is 9.91. The van der Waals surface area contributed by atoms with Crippen LogP contribution in [0.4, 0.5) is 0 Å². The van der Waals surface area contributed by atoms with E-state index >= 15 is 0 Å². The Labute approximate surface area is 71.3 Å². The number of hydrogen-bond donors (Lipinski definition) is 1. The summed E-state index contributed by atoms with van der Waals surface area (Å²) < 4.78 is 5.20. The molecule has 1 rings (SSSR count). The number of aliphatic carboxylic acids is 1. The van der Waals surface area contributed by atoms with Gasteiger partial charge in [0, 0.05) is 12.5 Å².